The van der Waals surface area contributed by atoms with Crippen molar-refractivity contribution < 1.29 is 19.5 Å². The molecule has 122 valence electrons. The van der Waals surface area contributed by atoms with Crippen LogP contribution in [-0.4, -0.2) is 24.2 Å². The van der Waals surface area contributed by atoms with Gasteiger partial charge in [-0.15, -0.1) is 0 Å². The summed E-state index contributed by atoms with van der Waals surface area (Å²) in [5.74, 6) is -0.131. The Morgan fingerprint density at radius 1 is 1.13 bits per heavy atom. The smallest absolute Gasteiger partial charge is 0.323 e. The standard InChI is InChI=1S/C18H21NO4/c1-13-7-3-6-10-17(13)23-12-15-9-5-4-8-14(15)11-16(18(20)21)19-22-2/h3-10,16,19H,11-12H2,1-2H3,(H,20,21). The van der Waals surface area contributed by atoms with Gasteiger partial charge < -0.3 is 14.7 Å². The lowest BCUT2D eigenvalue weighted by atomic mass is 10.0. The molecule has 1 atom stereocenters. The maximum Gasteiger partial charge on any atom is 0.323 e. The quantitative estimate of drug-likeness (QED) is 0.733. The van der Waals surface area contributed by atoms with Gasteiger partial charge in [-0.05, 0) is 29.7 Å². The number of benzene rings is 2. The first-order chi connectivity index (χ1) is 11.1. The number of carbonyl (C=O) groups is 1. The zero-order valence-electron chi connectivity index (χ0n) is 13.3. The molecule has 0 saturated heterocycles. The van der Waals surface area contributed by atoms with Gasteiger partial charge in [0.05, 0.1) is 7.11 Å². The van der Waals surface area contributed by atoms with Crippen molar-refractivity contribution in [3.8, 4) is 5.75 Å². The lowest BCUT2D eigenvalue weighted by molar-refractivity contribution is -0.143. The van der Waals surface area contributed by atoms with Gasteiger partial charge >= 0.3 is 5.97 Å². The number of hydrogen-bond donors (Lipinski definition) is 2. The van der Waals surface area contributed by atoms with Crippen molar-refractivity contribution in [2.45, 2.75) is 26.0 Å². The van der Waals surface area contributed by atoms with E-state index in [9.17, 15) is 9.90 Å². The maximum absolute atomic E-state index is 11.3. The first-order valence-electron chi connectivity index (χ1n) is 7.38. The summed E-state index contributed by atoms with van der Waals surface area (Å²) in [5.41, 5.74) is 5.44. The molecule has 0 aliphatic rings. The Morgan fingerprint density at radius 3 is 2.43 bits per heavy atom. The van der Waals surface area contributed by atoms with Crippen molar-refractivity contribution >= 4 is 5.97 Å². The average Bonchev–Trinajstić information content (AvgIpc) is 2.54. The van der Waals surface area contributed by atoms with E-state index in [2.05, 4.69) is 5.48 Å². The highest BCUT2D eigenvalue weighted by Crippen LogP contribution is 2.19. The Morgan fingerprint density at radius 2 is 1.78 bits per heavy atom. The van der Waals surface area contributed by atoms with Crippen LogP contribution in [0.25, 0.3) is 0 Å². The predicted molar refractivity (Wildman–Crippen MR) is 87.2 cm³/mol. The number of rotatable bonds is 8. The second kappa shape index (κ2) is 8.31. The maximum atomic E-state index is 11.3. The molecule has 2 aromatic rings. The molecule has 1 unspecified atom stereocenters. The van der Waals surface area contributed by atoms with Crippen LogP contribution in [0.15, 0.2) is 48.5 Å². The highest BCUT2D eigenvalue weighted by molar-refractivity contribution is 5.73. The van der Waals surface area contributed by atoms with E-state index < -0.39 is 12.0 Å². The van der Waals surface area contributed by atoms with Crippen LogP contribution in [0.4, 0.5) is 0 Å². The fourth-order valence-corrected chi connectivity index (χ4v) is 2.31. The number of aliphatic carboxylic acids is 1. The predicted octanol–water partition coefficient (Wildman–Crippen LogP) is 2.72. The van der Waals surface area contributed by atoms with Gasteiger partial charge in [0.1, 0.15) is 18.4 Å². The third kappa shape index (κ3) is 4.81. The Bertz CT molecular complexity index is 657. The summed E-state index contributed by atoms with van der Waals surface area (Å²) in [7, 11) is 1.41. The lowest BCUT2D eigenvalue weighted by Gasteiger charge is -2.16. The third-order valence-corrected chi connectivity index (χ3v) is 3.58. The van der Waals surface area contributed by atoms with Crippen LogP contribution < -0.4 is 10.2 Å². The average molecular weight is 315 g/mol. The zero-order chi connectivity index (χ0) is 16.7. The number of hydrogen-bond acceptors (Lipinski definition) is 4. The van der Waals surface area contributed by atoms with E-state index in [1.54, 1.807) is 0 Å². The van der Waals surface area contributed by atoms with Gasteiger partial charge in [0.2, 0.25) is 0 Å². The van der Waals surface area contributed by atoms with Crippen LogP contribution in [0.2, 0.25) is 0 Å². The number of hydroxylamine groups is 1. The Balaban J connectivity index is 2.11. The van der Waals surface area contributed by atoms with Gasteiger partial charge in [0, 0.05) is 6.42 Å². The Kier molecular flexibility index (Phi) is 6.14. The summed E-state index contributed by atoms with van der Waals surface area (Å²) in [4.78, 5) is 16.0. The highest BCUT2D eigenvalue weighted by Gasteiger charge is 2.19. The first-order valence-corrected chi connectivity index (χ1v) is 7.38. The van der Waals surface area contributed by atoms with Crippen LogP contribution in [0.1, 0.15) is 16.7 Å². The Hall–Kier alpha value is -2.37. The van der Waals surface area contributed by atoms with Gasteiger partial charge in [-0.25, -0.2) is 0 Å². The second-order valence-electron chi connectivity index (χ2n) is 5.24. The molecule has 2 N–H and O–H groups in total. The van der Waals surface area contributed by atoms with Gasteiger partial charge in [0.25, 0.3) is 0 Å². The fraction of sp³-hybridized carbons (Fsp3) is 0.278. The van der Waals surface area contributed by atoms with Gasteiger partial charge in [-0.2, -0.15) is 5.48 Å². The van der Waals surface area contributed by atoms with Crippen molar-refractivity contribution in [2.24, 2.45) is 0 Å². The summed E-state index contributed by atoms with van der Waals surface area (Å²) < 4.78 is 5.87. The SMILES string of the molecule is CONC(Cc1ccccc1COc1ccccc1C)C(=O)O. The molecule has 0 aromatic heterocycles. The molecule has 0 fully saturated rings. The molecule has 0 aliphatic heterocycles. The summed E-state index contributed by atoms with van der Waals surface area (Å²) >= 11 is 0. The van der Waals surface area contributed by atoms with Crippen molar-refractivity contribution in [1.29, 1.82) is 0 Å². The minimum atomic E-state index is -0.957. The van der Waals surface area contributed by atoms with E-state index in [0.29, 0.717) is 13.0 Å². The molecule has 0 radical (unpaired) electrons. The van der Waals surface area contributed by atoms with Crippen molar-refractivity contribution in [2.75, 3.05) is 7.11 Å². The van der Waals surface area contributed by atoms with Gasteiger partial charge in [-0.3, -0.25) is 4.79 Å². The van der Waals surface area contributed by atoms with E-state index in [-0.39, 0.29) is 0 Å². The van der Waals surface area contributed by atoms with Crippen LogP contribution in [0.5, 0.6) is 5.75 Å². The Labute approximate surface area is 135 Å². The second-order valence-corrected chi connectivity index (χ2v) is 5.24. The van der Waals surface area contributed by atoms with Crippen LogP contribution in [0.3, 0.4) is 0 Å². The van der Waals surface area contributed by atoms with E-state index in [0.717, 1.165) is 22.4 Å². The lowest BCUT2D eigenvalue weighted by Crippen LogP contribution is -2.38. The molecule has 0 bridgehead atoms. The normalized spacial score (nSPS) is 11.9. The highest BCUT2D eigenvalue weighted by atomic mass is 16.6. The molecule has 5 heteroatoms. The molecule has 0 saturated carbocycles. The number of nitrogens with one attached hydrogen (secondary N) is 1. The zero-order valence-corrected chi connectivity index (χ0v) is 13.3. The number of carboxylic acid groups (broad SMARTS) is 1. The largest absolute Gasteiger partial charge is 0.489 e. The first kappa shape index (κ1) is 17.0. The summed E-state index contributed by atoms with van der Waals surface area (Å²) in [6.45, 7) is 2.38. The molecule has 23 heavy (non-hydrogen) atoms. The van der Waals surface area contributed by atoms with Crippen LogP contribution in [0, 0.1) is 6.92 Å². The summed E-state index contributed by atoms with van der Waals surface area (Å²) in [6, 6.07) is 14.6. The van der Waals surface area contributed by atoms with Crippen molar-refractivity contribution in [3.63, 3.8) is 0 Å². The third-order valence-electron chi connectivity index (χ3n) is 3.58. The van der Waals surface area contributed by atoms with E-state index in [4.69, 9.17) is 9.57 Å². The topological polar surface area (TPSA) is 67.8 Å². The summed E-state index contributed by atoms with van der Waals surface area (Å²) in [5, 5.41) is 9.23. The molecule has 0 heterocycles. The molecule has 0 aliphatic carbocycles. The minimum Gasteiger partial charge on any atom is -0.489 e. The van der Waals surface area contributed by atoms with E-state index >= 15 is 0 Å². The minimum absolute atomic E-state index is 0.316. The molecule has 0 spiro atoms. The fourth-order valence-electron chi connectivity index (χ4n) is 2.31. The number of carboxylic acids is 1. The molecule has 2 rings (SSSR count). The van der Waals surface area contributed by atoms with Crippen molar-refractivity contribution in [3.05, 3.63) is 65.2 Å². The molecular weight excluding hydrogens is 294 g/mol. The molecule has 0 amide bonds. The molecular formula is C18H21NO4. The van der Waals surface area contributed by atoms with Crippen molar-refractivity contribution in [1.82, 2.24) is 5.48 Å². The van der Waals surface area contributed by atoms with Gasteiger partial charge in [0.15, 0.2) is 0 Å². The number of ether oxygens (including phenoxy) is 1. The van der Waals surface area contributed by atoms with E-state index in [1.165, 1.54) is 7.11 Å². The monoisotopic (exact) mass is 315 g/mol. The summed E-state index contributed by atoms with van der Waals surface area (Å²) in [6.07, 6.45) is 0.316. The van der Waals surface area contributed by atoms with Crippen LogP contribution in [-0.2, 0) is 22.7 Å². The number of para-hydroxylation sites is 1. The number of aryl methyl sites for hydroxylation is 1. The molecule has 2 aromatic carbocycles. The van der Waals surface area contributed by atoms with E-state index in [1.807, 2.05) is 55.5 Å². The van der Waals surface area contributed by atoms with Gasteiger partial charge in [-0.1, -0.05) is 42.5 Å². The molecule has 5 nitrogen and oxygen atoms in total. The van der Waals surface area contributed by atoms with Crippen LogP contribution >= 0.6 is 0 Å².